The van der Waals surface area contributed by atoms with Crippen molar-refractivity contribution in [2.45, 2.75) is 65.7 Å². The number of ether oxygens (including phenoxy) is 1. The number of hydrogen-bond acceptors (Lipinski definition) is 8. The van der Waals surface area contributed by atoms with Gasteiger partial charge in [0, 0.05) is 6.04 Å². The molecule has 3 rings (SSSR count). The van der Waals surface area contributed by atoms with E-state index in [2.05, 4.69) is 35.8 Å². The lowest BCUT2D eigenvalue weighted by molar-refractivity contribution is -0.192. The molecule has 0 radical (unpaired) electrons. The summed E-state index contributed by atoms with van der Waals surface area (Å²) < 4.78 is 36.9. The molecule has 1 aliphatic rings. The Labute approximate surface area is 193 Å². The molecule has 0 amide bonds. The minimum Gasteiger partial charge on any atom is -0.475 e. The predicted molar refractivity (Wildman–Crippen MR) is 119 cm³/mol. The van der Waals surface area contributed by atoms with Crippen LogP contribution in [0.3, 0.4) is 0 Å². The summed E-state index contributed by atoms with van der Waals surface area (Å²) >= 11 is 1.34. The number of carboxylic acids is 1. The number of anilines is 1. The van der Waals surface area contributed by atoms with Crippen LogP contribution >= 0.6 is 11.3 Å². The Balaban J connectivity index is 0.000000479. The first-order valence-electron chi connectivity index (χ1n) is 10.4. The standard InChI is InChI=1S/C19H28N4O2S.C2HF3O2/c1-6-25-18(24)15-11(2)14-16(20)21-13(22-17(14)26-15)10-23(5)12-7-8-19(3,4)9-12;3-2(4,5)1(6)7/h12H,6-10H2,1-5H3,(H2,20,21,22);(H,6,7). The third-order valence-corrected chi connectivity index (χ3v) is 6.69. The van der Waals surface area contributed by atoms with E-state index in [4.69, 9.17) is 20.4 Å². The number of aryl methyl sites for hydroxylation is 1. The molecule has 2 heterocycles. The summed E-state index contributed by atoms with van der Waals surface area (Å²) in [5.41, 5.74) is 7.41. The number of hydrogen-bond donors (Lipinski definition) is 2. The zero-order valence-corrected chi connectivity index (χ0v) is 20.1. The normalized spacial score (nSPS) is 17.7. The number of fused-ring (bicyclic) bond motifs is 1. The third-order valence-electron chi connectivity index (χ3n) is 5.52. The summed E-state index contributed by atoms with van der Waals surface area (Å²) in [7, 11) is 2.12. The number of carbonyl (C=O) groups excluding carboxylic acids is 1. The lowest BCUT2D eigenvalue weighted by atomic mass is 9.91. The van der Waals surface area contributed by atoms with E-state index in [0.29, 0.717) is 41.1 Å². The van der Waals surface area contributed by atoms with E-state index in [0.717, 1.165) is 15.8 Å². The van der Waals surface area contributed by atoms with Crippen LogP contribution in [0.25, 0.3) is 10.2 Å². The van der Waals surface area contributed by atoms with Crippen molar-refractivity contribution in [3.05, 3.63) is 16.3 Å². The van der Waals surface area contributed by atoms with Gasteiger partial charge in [0.05, 0.1) is 18.5 Å². The molecule has 3 N–H and O–H groups in total. The van der Waals surface area contributed by atoms with Crippen molar-refractivity contribution in [1.29, 1.82) is 0 Å². The fraction of sp³-hybridized carbons (Fsp3) is 0.619. The van der Waals surface area contributed by atoms with Gasteiger partial charge in [0.1, 0.15) is 21.3 Å². The molecule has 2 aromatic heterocycles. The number of aromatic nitrogens is 2. The average Bonchev–Trinajstić information content (AvgIpc) is 3.21. The van der Waals surface area contributed by atoms with Crippen molar-refractivity contribution in [2.24, 2.45) is 5.41 Å². The topological polar surface area (TPSA) is 119 Å². The largest absolute Gasteiger partial charge is 0.490 e. The van der Waals surface area contributed by atoms with Crippen LogP contribution in [-0.4, -0.2) is 57.8 Å². The van der Waals surface area contributed by atoms with Crippen LogP contribution in [-0.2, 0) is 16.1 Å². The maximum atomic E-state index is 12.1. The number of halogens is 3. The molecular formula is C21H29F3N4O4S. The second-order valence-electron chi connectivity index (χ2n) is 8.76. The Hall–Kier alpha value is -2.47. The third kappa shape index (κ3) is 6.76. The molecule has 1 unspecified atom stereocenters. The van der Waals surface area contributed by atoms with Crippen LogP contribution in [0.2, 0.25) is 0 Å². The van der Waals surface area contributed by atoms with Gasteiger partial charge in [-0.25, -0.2) is 19.6 Å². The van der Waals surface area contributed by atoms with Crippen LogP contribution in [0, 0.1) is 12.3 Å². The van der Waals surface area contributed by atoms with Crippen LogP contribution in [0.4, 0.5) is 19.0 Å². The van der Waals surface area contributed by atoms with E-state index >= 15 is 0 Å². The molecule has 0 aliphatic heterocycles. The molecule has 0 saturated heterocycles. The lowest BCUT2D eigenvalue weighted by Gasteiger charge is -2.25. The Morgan fingerprint density at radius 2 is 1.94 bits per heavy atom. The maximum absolute atomic E-state index is 12.1. The first-order chi connectivity index (χ1) is 15.2. The highest BCUT2D eigenvalue weighted by molar-refractivity contribution is 7.20. The average molecular weight is 491 g/mol. The van der Waals surface area contributed by atoms with E-state index in [1.807, 2.05) is 6.92 Å². The van der Waals surface area contributed by atoms with Gasteiger partial charge >= 0.3 is 18.1 Å². The summed E-state index contributed by atoms with van der Waals surface area (Å²) in [6.45, 7) is 9.33. The monoisotopic (exact) mass is 490 g/mol. The molecule has 1 fully saturated rings. The molecule has 12 heteroatoms. The minimum atomic E-state index is -5.08. The van der Waals surface area contributed by atoms with Crippen LogP contribution in [0.5, 0.6) is 0 Å². The van der Waals surface area contributed by atoms with Gasteiger partial charge in [-0.3, -0.25) is 4.90 Å². The Kier molecular flexibility index (Phi) is 8.28. The molecule has 1 atom stereocenters. The number of carbonyl (C=O) groups is 2. The molecule has 33 heavy (non-hydrogen) atoms. The van der Waals surface area contributed by atoms with Crippen molar-refractivity contribution in [1.82, 2.24) is 14.9 Å². The summed E-state index contributed by atoms with van der Waals surface area (Å²) in [6, 6.07) is 0.547. The first-order valence-corrected chi connectivity index (χ1v) is 11.2. The zero-order valence-electron chi connectivity index (χ0n) is 19.2. The van der Waals surface area contributed by atoms with E-state index < -0.39 is 12.1 Å². The summed E-state index contributed by atoms with van der Waals surface area (Å²) in [6.07, 6.45) is -1.45. The highest BCUT2D eigenvalue weighted by atomic mass is 32.1. The Morgan fingerprint density at radius 3 is 2.42 bits per heavy atom. The molecule has 0 bridgehead atoms. The van der Waals surface area contributed by atoms with E-state index in [1.165, 1.54) is 30.6 Å². The van der Waals surface area contributed by atoms with Crippen molar-refractivity contribution in [2.75, 3.05) is 19.4 Å². The van der Waals surface area contributed by atoms with Gasteiger partial charge in [-0.2, -0.15) is 13.2 Å². The van der Waals surface area contributed by atoms with Gasteiger partial charge in [0.2, 0.25) is 0 Å². The molecule has 2 aromatic rings. The Morgan fingerprint density at radius 1 is 1.33 bits per heavy atom. The summed E-state index contributed by atoms with van der Waals surface area (Å²) in [5.74, 6) is -1.93. The fourth-order valence-electron chi connectivity index (χ4n) is 3.81. The quantitative estimate of drug-likeness (QED) is 0.592. The Bertz CT molecular complexity index is 1020. The van der Waals surface area contributed by atoms with Crippen LogP contribution in [0.15, 0.2) is 0 Å². The molecule has 0 spiro atoms. The molecule has 1 aliphatic carbocycles. The second-order valence-corrected chi connectivity index (χ2v) is 9.76. The number of carboxylic acid groups (broad SMARTS) is 1. The SMILES string of the molecule is CCOC(=O)c1sc2nc(CN(C)C3CCC(C)(C)C3)nc(N)c2c1C.O=C(O)C(F)(F)F. The number of esters is 1. The number of nitrogens with two attached hydrogens (primary N) is 1. The van der Waals surface area contributed by atoms with Crippen molar-refractivity contribution in [3.8, 4) is 0 Å². The predicted octanol–water partition coefficient (Wildman–Crippen LogP) is 4.40. The summed E-state index contributed by atoms with van der Waals surface area (Å²) in [5, 5.41) is 7.89. The van der Waals surface area contributed by atoms with Crippen LogP contribution in [0.1, 0.15) is 61.1 Å². The van der Waals surface area contributed by atoms with Gasteiger partial charge in [-0.1, -0.05) is 13.8 Å². The van der Waals surface area contributed by atoms with Gasteiger partial charge in [0.25, 0.3) is 0 Å². The highest BCUT2D eigenvalue weighted by Crippen LogP contribution is 2.39. The van der Waals surface area contributed by atoms with E-state index in [-0.39, 0.29) is 5.97 Å². The van der Waals surface area contributed by atoms with Crippen molar-refractivity contribution in [3.63, 3.8) is 0 Å². The highest BCUT2D eigenvalue weighted by Gasteiger charge is 2.38. The minimum absolute atomic E-state index is 0.320. The number of nitrogen functional groups attached to an aromatic ring is 1. The van der Waals surface area contributed by atoms with Crippen LogP contribution < -0.4 is 5.73 Å². The number of thiophene rings is 1. The van der Waals surface area contributed by atoms with Gasteiger partial charge in [-0.15, -0.1) is 11.3 Å². The molecule has 184 valence electrons. The second kappa shape index (κ2) is 10.2. The lowest BCUT2D eigenvalue weighted by Crippen LogP contribution is -2.30. The maximum Gasteiger partial charge on any atom is 0.490 e. The zero-order chi connectivity index (χ0) is 25.1. The van der Waals surface area contributed by atoms with Crippen molar-refractivity contribution < 1.29 is 32.6 Å². The molecule has 1 saturated carbocycles. The smallest absolute Gasteiger partial charge is 0.475 e. The number of rotatable bonds is 5. The first kappa shape index (κ1) is 26.8. The number of aliphatic carboxylic acids is 1. The number of alkyl halides is 3. The van der Waals surface area contributed by atoms with E-state index in [9.17, 15) is 18.0 Å². The molecule has 0 aromatic carbocycles. The van der Waals surface area contributed by atoms with Gasteiger partial charge in [0.15, 0.2) is 0 Å². The molecular weight excluding hydrogens is 461 g/mol. The molecule has 8 nitrogen and oxygen atoms in total. The number of nitrogens with zero attached hydrogens (tertiary/aromatic N) is 3. The van der Waals surface area contributed by atoms with Gasteiger partial charge in [-0.05, 0) is 51.1 Å². The fourth-order valence-corrected chi connectivity index (χ4v) is 4.91. The van der Waals surface area contributed by atoms with E-state index in [1.54, 1.807) is 6.92 Å². The van der Waals surface area contributed by atoms with Gasteiger partial charge < -0.3 is 15.6 Å². The van der Waals surface area contributed by atoms with Crippen molar-refractivity contribution >= 4 is 39.3 Å². The summed E-state index contributed by atoms with van der Waals surface area (Å²) in [4.78, 5) is 33.9.